The standard InChI is InChI=1S/C22H26BrN3O3Si/c1-28-22(27)17-9-10-24-19(13-17)20-14-25-21(16-5-7-18(23)8-6-16)26(20)15-29-11-12-30(2,3)4/h5-10,13-14H,11-12,15H2,1-4H3. The van der Waals surface area contributed by atoms with Gasteiger partial charge in [0.1, 0.15) is 12.6 Å². The van der Waals surface area contributed by atoms with E-state index in [1.807, 2.05) is 28.8 Å². The first-order chi connectivity index (χ1) is 14.3. The molecular formula is C22H26BrN3O3Si. The van der Waals surface area contributed by atoms with Gasteiger partial charge in [-0.1, -0.05) is 47.7 Å². The molecule has 8 heteroatoms. The van der Waals surface area contributed by atoms with Crippen LogP contribution in [0.4, 0.5) is 0 Å². The van der Waals surface area contributed by atoms with Gasteiger partial charge in [0.2, 0.25) is 0 Å². The minimum atomic E-state index is -1.18. The van der Waals surface area contributed by atoms with Crippen molar-refractivity contribution in [2.75, 3.05) is 13.7 Å². The summed E-state index contributed by atoms with van der Waals surface area (Å²) < 4.78 is 13.9. The third-order valence-corrected chi connectivity index (χ3v) is 6.85. The fraction of sp³-hybridized carbons (Fsp3) is 0.318. The Morgan fingerprint density at radius 2 is 1.87 bits per heavy atom. The zero-order valence-corrected chi connectivity index (χ0v) is 20.3. The van der Waals surface area contributed by atoms with Crippen LogP contribution in [0.15, 0.2) is 53.3 Å². The molecule has 0 aliphatic heterocycles. The number of benzene rings is 1. The third-order valence-electron chi connectivity index (χ3n) is 4.62. The van der Waals surface area contributed by atoms with Crippen molar-refractivity contribution in [3.63, 3.8) is 0 Å². The molecule has 1 aromatic carbocycles. The van der Waals surface area contributed by atoms with Gasteiger partial charge in [-0.3, -0.25) is 9.55 Å². The van der Waals surface area contributed by atoms with Crippen LogP contribution in [-0.4, -0.2) is 42.3 Å². The van der Waals surface area contributed by atoms with E-state index < -0.39 is 14.0 Å². The Morgan fingerprint density at radius 1 is 1.13 bits per heavy atom. The molecule has 0 amide bonds. The quantitative estimate of drug-likeness (QED) is 0.239. The van der Waals surface area contributed by atoms with Gasteiger partial charge in [-0.05, 0) is 30.3 Å². The summed E-state index contributed by atoms with van der Waals surface area (Å²) in [5.41, 5.74) is 2.84. The Hall–Kier alpha value is -2.29. The second kappa shape index (κ2) is 9.68. The summed E-state index contributed by atoms with van der Waals surface area (Å²) in [6.45, 7) is 8.04. The highest BCUT2D eigenvalue weighted by Gasteiger charge is 2.17. The minimum absolute atomic E-state index is 0.356. The maximum atomic E-state index is 11.9. The van der Waals surface area contributed by atoms with E-state index in [0.29, 0.717) is 24.6 Å². The number of carbonyl (C=O) groups excluding carboxylic acids is 1. The maximum absolute atomic E-state index is 11.9. The van der Waals surface area contributed by atoms with Crippen molar-refractivity contribution in [1.82, 2.24) is 14.5 Å². The molecule has 6 nitrogen and oxygen atoms in total. The predicted molar refractivity (Wildman–Crippen MR) is 124 cm³/mol. The molecule has 0 aliphatic carbocycles. The SMILES string of the molecule is COC(=O)c1ccnc(-c2cnc(-c3ccc(Br)cc3)n2COCC[Si](C)(C)C)c1. The molecule has 0 radical (unpaired) electrons. The summed E-state index contributed by atoms with van der Waals surface area (Å²) >= 11 is 3.47. The molecule has 0 unspecified atom stereocenters. The first-order valence-electron chi connectivity index (χ1n) is 9.72. The van der Waals surface area contributed by atoms with E-state index in [1.54, 1.807) is 24.5 Å². The number of hydrogen-bond donors (Lipinski definition) is 0. The summed E-state index contributed by atoms with van der Waals surface area (Å²) in [4.78, 5) is 21.0. The molecule has 0 aliphatic rings. The van der Waals surface area contributed by atoms with Crippen LogP contribution in [0.25, 0.3) is 22.8 Å². The number of aromatic nitrogens is 3. The highest BCUT2D eigenvalue weighted by atomic mass is 79.9. The number of methoxy groups -OCH3 is 1. The molecule has 2 aromatic heterocycles. The van der Waals surface area contributed by atoms with Gasteiger partial charge in [0.25, 0.3) is 0 Å². The molecule has 3 aromatic rings. The van der Waals surface area contributed by atoms with Crippen LogP contribution >= 0.6 is 15.9 Å². The van der Waals surface area contributed by atoms with Gasteiger partial charge in [-0.2, -0.15) is 0 Å². The van der Waals surface area contributed by atoms with Gasteiger partial charge in [0.05, 0.1) is 30.3 Å². The first kappa shape index (κ1) is 22.4. The summed E-state index contributed by atoms with van der Waals surface area (Å²) in [6.07, 6.45) is 3.37. The molecule has 0 fully saturated rings. The van der Waals surface area contributed by atoms with E-state index in [0.717, 1.165) is 27.6 Å². The fourth-order valence-corrected chi connectivity index (χ4v) is 3.91. The molecule has 0 atom stereocenters. The van der Waals surface area contributed by atoms with Crippen molar-refractivity contribution in [1.29, 1.82) is 0 Å². The van der Waals surface area contributed by atoms with Crippen molar-refractivity contribution in [2.24, 2.45) is 0 Å². The molecule has 30 heavy (non-hydrogen) atoms. The zero-order valence-electron chi connectivity index (χ0n) is 17.7. The van der Waals surface area contributed by atoms with Crippen LogP contribution in [0.5, 0.6) is 0 Å². The van der Waals surface area contributed by atoms with Gasteiger partial charge in [0, 0.05) is 30.9 Å². The fourth-order valence-electron chi connectivity index (χ4n) is 2.89. The lowest BCUT2D eigenvalue weighted by Gasteiger charge is -2.17. The van der Waals surface area contributed by atoms with Crippen molar-refractivity contribution in [3.8, 4) is 22.8 Å². The van der Waals surface area contributed by atoms with E-state index in [-0.39, 0.29) is 0 Å². The summed E-state index contributed by atoms with van der Waals surface area (Å²) in [5.74, 6) is 0.389. The number of pyridine rings is 1. The second-order valence-corrected chi connectivity index (χ2v) is 14.7. The van der Waals surface area contributed by atoms with E-state index in [1.165, 1.54) is 7.11 Å². The third kappa shape index (κ3) is 5.65. The van der Waals surface area contributed by atoms with Crippen LogP contribution in [0.3, 0.4) is 0 Å². The zero-order chi connectivity index (χ0) is 21.7. The van der Waals surface area contributed by atoms with Gasteiger partial charge in [0.15, 0.2) is 0 Å². The molecular weight excluding hydrogens is 462 g/mol. The molecule has 2 heterocycles. The number of hydrogen-bond acceptors (Lipinski definition) is 5. The number of ether oxygens (including phenoxy) is 2. The highest BCUT2D eigenvalue weighted by molar-refractivity contribution is 9.10. The molecule has 0 bridgehead atoms. The molecule has 0 saturated heterocycles. The monoisotopic (exact) mass is 487 g/mol. The summed E-state index contributed by atoms with van der Waals surface area (Å²) in [7, 11) is 0.182. The van der Waals surface area contributed by atoms with Gasteiger partial charge in [-0.25, -0.2) is 9.78 Å². The van der Waals surface area contributed by atoms with Crippen molar-refractivity contribution in [3.05, 3.63) is 58.8 Å². The first-order valence-corrected chi connectivity index (χ1v) is 14.2. The smallest absolute Gasteiger partial charge is 0.337 e. The molecule has 158 valence electrons. The molecule has 0 saturated carbocycles. The Labute approximate surface area is 186 Å². The number of imidazole rings is 1. The average molecular weight is 488 g/mol. The van der Waals surface area contributed by atoms with Gasteiger partial charge in [-0.15, -0.1) is 0 Å². The highest BCUT2D eigenvalue weighted by Crippen LogP contribution is 2.27. The lowest BCUT2D eigenvalue weighted by Crippen LogP contribution is -2.22. The Kier molecular flexibility index (Phi) is 7.22. The minimum Gasteiger partial charge on any atom is -0.465 e. The predicted octanol–water partition coefficient (Wildman–Crippen LogP) is 5.47. The van der Waals surface area contributed by atoms with Crippen molar-refractivity contribution < 1.29 is 14.3 Å². The molecule has 3 rings (SSSR count). The lowest BCUT2D eigenvalue weighted by atomic mass is 10.2. The van der Waals surface area contributed by atoms with Crippen LogP contribution < -0.4 is 0 Å². The molecule has 0 N–H and O–H groups in total. The Balaban J connectivity index is 1.96. The van der Waals surface area contributed by atoms with Crippen molar-refractivity contribution in [2.45, 2.75) is 32.4 Å². The van der Waals surface area contributed by atoms with E-state index in [4.69, 9.17) is 9.47 Å². The lowest BCUT2D eigenvalue weighted by molar-refractivity contribution is 0.0600. The normalized spacial score (nSPS) is 11.5. The number of halogens is 1. The van der Waals surface area contributed by atoms with Crippen molar-refractivity contribution >= 4 is 30.0 Å². The van der Waals surface area contributed by atoms with Gasteiger partial charge < -0.3 is 9.47 Å². The van der Waals surface area contributed by atoms with Gasteiger partial charge >= 0.3 is 5.97 Å². The Bertz CT molecular complexity index is 1010. The van der Waals surface area contributed by atoms with Crippen LogP contribution in [0.1, 0.15) is 10.4 Å². The number of rotatable bonds is 8. The Morgan fingerprint density at radius 3 is 2.53 bits per heavy atom. The van der Waals surface area contributed by atoms with E-state index in [9.17, 15) is 4.79 Å². The topological polar surface area (TPSA) is 66.2 Å². The largest absolute Gasteiger partial charge is 0.465 e. The number of nitrogens with zero attached hydrogens (tertiary/aromatic N) is 3. The average Bonchev–Trinajstić information content (AvgIpc) is 3.14. The maximum Gasteiger partial charge on any atom is 0.337 e. The van der Waals surface area contributed by atoms with E-state index in [2.05, 4.69) is 45.5 Å². The number of esters is 1. The van der Waals surface area contributed by atoms with E-state index >= 15 is 0 Å². The second-order valence-electron chi connectivity index (χ2n) is 8.17. The van der Waals surface area contributed by atoms with Crippen LogP contribution in [0, 0.1) is 0 Å². The number of carbonyl (C=O) groups is 1. The van der Waals surface area contributed by atoms with Crippen LogP contribution in [-0.2, 0) is 16.2 Å². The summed E-state index contributed by atoms with van der Waals surface area (Å²) in [6, 6.07) is 12.4. The molecule has 0 spiro atoms. The summed E-state index contributed by atoms with van der Waals surface area (Å²) in [5, 5.41) is 0. The van der Waals surface area contributed by atoms with Crippen LogP contribution in [0.2, 0.25) is 25.7 Å².